The van der Waals surface area contributed by atoms with Crippen LogP contribution in [0.4, 0.5) is 5.69 Å². The summed E-state index contributed by atoms with van der Waals surface area (Å²) in [6, 6.07) is 5.61. The molecule has 1 saturated heterocycles. The Hall–Kier alpha value is -3.10. The van der Waals surface area contributed by atoms with Crippen LogP contribution < -0.4 is 10.1 Å². The van der Waals surface area contributed by atoms with Gasteiger partial charge in [0.25, 0.3) is 0 Å². The Morgan fingerprint density at radius 1 is 1.22 bits per heavy atom. The van der Waals surface area contributed by atoms with E-state index in [-0.39, 0.29) is 31.3 Å². The minimum absolute atomic E-state index is 0.0725. The zero-order valence-electron chi connectivity index (χ0n) is 18.2. The number of hydrogen-bond donors (Lipinski definition) is 2. The smallest absolute Gasteiger partial charge is 0.323 e. The van der Waals surface area contributed by atoms with Gasteiger partial charge >= 0.3 is 5.97 Å². The van der Waals surface area contributed by atoms with E-state index >= 15 is 0 Å². The molecular weight excluding hydrogens is 412 g/mol. The summed E-state index contributed by atoms with van der Waals surface area (Å²) in [5, 5.41) is 12.0. The van der Waals surface area contributed by atoms with E-state index in [0.29, 0.717) is 43.7 Å². The third-order valence-corrected chi connectivity index (χ3v) is 6.24. The number of fused-ring (bicyclic) bond motifs is 2. The molecule has 9 heteroatoms. The quantitative estimate of drug-likeness (QED) is 0.568. The number of aliphatic carboxylic acids is 1. The largest absolute Gasteiger partial charge is 0.493 e. The third-order valence-electron chi connectivity index (χ3n) is 6.24. The molecule has 2 fully saturated rings. The van der Waals surface area contributed by atoms with Crippen LogP contribution in [0.3, 0.4) is 0 Å². The molecule has 0 aromatic heterocycles. The van der Waals surface area contributed by atoms with Crippen molar-refractivity contribution in [1.29, 1.82) is 0 Å². The number of guanidine groups is 1. The number of carbonyl (C=O) groups is 3. The molecule has 1 saturated carbocycles. The minimum atomic E-state index is -0.976. The fraction of sp³-hybridized carbons (Fsp3) is 0.565. The second kappa shape index (κ2) is 10.0. The molecular formula is C23H30N4O5. The molecule has 0 spiro atoms. The van der Waals surface area contributed by atoms with Gasteiger partial charge in [0.1, 0.15) is 18.8 Å². The molecule has 0 radical (unpaired) electrons. The van der Waals surface area contributed by atoms with Crippen LogP contribution in [0, 0.1) is 5.92 Å². The highest BCUT2D eigenvalue weighted by Crippen LogP contribution is 2.34. The Balaban J connectivity index is 1.29. The number of carboxylic acids is 1. The lowest BCUT2D eigenvalue weighted by Crippen LogP contribution is -2.39. The lowest BCUT2D eigenvalue weighted by molar-refractivity contribution is -0.145. The molecule has 0 bridgehead atoms. The predicted octanol–water partition coefficient (Wildman–Crippen LogP) is 2.27. The monoisotopic (exact) mass is 442 g/mol. The first-order chi connectivity index (χ1) is 15.5. The summed E-state index contributed by atoms with van der Waals surface area (Å²) in [6.07, 6.45) is 6.41. The van der Waals surface area contributed by atoms with Crippen LogP contribution >= 0.6 is 0 Å². The summed E-state index contributed by atoms with van der Waals surface area (Å²) in [6.45, 7) is 1.45. The summed E-state index contributed by atoms with van der Waals surface area (Å²) < 4.78 is 5.95. The van der Waals surface area contributed by atoms with Crippen LogP contribution in [-0.4, -0.2) is 64.9 Å². The maximum atomic E-state index is 12.7. The average Bonchev–Trinajstić information content (AvgIpc) is 3.14. The molecule has 1 aromatic rings. The Bertz CT molecular complexity index is 910. The van der Waals surface area contributed by atoms with Gasteiger partial charge in [-0.15, -0.1) is 0 Å². The standard InChI is InChI=1S/C23H30N4O5/c28-20-14-27-13-17-18(24-23(27)25-20)8-4-9-19(17)32-11-5-10-21(29)26(15-22(30)31)12-16-6-2-1-3-7-16/h4,8-9,16H,1-3,5-7,10-15H2,(H,30,31)(H,24,25,28). The first-order valence-electron chi connectivity index (χ1n) is 11.4. The molecule has 3 aliphatic rings. The van der Waals surface area contributed by atoms with Gasteiger partial charge in [0.15, 0.2) is 0 Å². The van der Waals surface area contributed by atoms with Crippen molar-refractivity contribution in [3.05, 3.63) is 23.8 Å². The van der Waals surface area contributed by atoms with Gasteiger partial charge in [-0.2, -0.15) is 0 Å². The van der Waals surface area contributed by atoms with Gasteiger partial charge in [0.2, 0.25) is 17.8 Å². The maximum Gasteiger partial charge on any atom is 0.323 e. The molecule has 2 aliphatic heterocycles. The van der Waals surface area contributed by atoms with E-state index in [1.165, 1.54) is 11.3 Å². The molecule has 2 heterocycles. The van der Waals surface area contributed by atoms with Crippen LogP contribution in [-0.2, 0) is 20.9 Å². The second-order valence-corrected chi connectivity index (χ2v) is 8.72. The molecule has 32 heavy (non-hydrogen) atoms. The first kappa shape index (κ1) is 22.1. The summed E-state index contributed by atoms with van der Waals surface area (Å²) >= 11 is 0. The van der Waals surface area contributed by atoms with Gasteiger partial charge in [-0.3, -0.25) is 19.7 Å². The second-order valence-electron chi connectivity index (χ2n) is 8.72. The number of rotatable bonds is 9. The van der Waals surface area contributed by atoms with Crippen molar-refractivity contribution in [2.75, 3.05) is 26.2 Å². The molecule has 2 amide bonds. The molecule has 172 valence electrons. The van der Waals surface area contributed by atoms with Crippen LogP contribution in [0.1, 0.15) is 50.5 Å². The zero-order chi connectivity index (χ0) is 22.5. The number of carboxylic acid groups (broad SMARTS) is 1. The van der Waals surface area contributed by atoms with Crippen molar-refractivity contribution in [1.82, 2.24) is 15.1 Å². The Morgan fingerprint density at radius 2 is 2.03 bits per heavy atom. The lowest BCUT2D eigenvalue weighted by Gasteiger charge is -2.29. The highest BCUT2D eigenvalue weighted by atomic mass is 16.5. The van der Waals surface area contributed by atoms with Gasteiger partial charge in [0.05, 0.1) is 18.8 Å². The normalized spacial score (nSPS) is 17.8. The zero-order valence-corrected chi connectivity index (χ0v) is 18.2. The van der Waals surface area contributed by atoms with E-state index < -0.39 is 5.97 Å². The van der Waals surface area contributed by atoms with Crippen LogP contribution in [0.15, 0.2) is 23.2 Å². The highest BCUT2D eigenvalue weighted by Gasteiger charge is 2.30. The van der Waals surface area contributed by atoms with E-state index in [1.54, 1.807) is 0 Å². The summed E-state index contributed by atoms with van der Waals surface area (Å²) in [5.74, 6) is 0.486. The molecule has 1 aliphatic carbocycles. The van der Waals surface area contributed by atoms with Crippen molar-refractivity contribution in [3.63, 3.8) is 0 Å². The predicted molar refractivity (Wildman–Crippen MR) is 118 cm³/mol. The highest BCUT2D eigenvalue weighted by molar-refractivity contribution is 6.05. The van der Waals surface area contributed by atoms with Crippen molar-refractivity contribution >= 4 is 29.4 Å². The Kier molecular flexibility index (Phi) is 6.92. The molecule has 2 N–H and O–H groups in total. The number of ether oxygens (including phenoxy) is 1. The van der Waals surface area contributed by atoms with E-state index in [0.717, 1.165) is 36.9 Å². The summed E-state index contributed by atoms with van der Waals surface area (Å²) in [5.41, 5.74) is 1.69. The number of nitrogens with zero attached hydrogens (tertiary/aromatic N) is 3. The average molecular weight is 443 g/mol. The fourth-order valence-corrected chi connectivity index (χ4v) is 4.64. The van der Waals surface area contributed by atoms with Crippen molar-refractivity contribution in [2.45, 2.75) is 51.5 Å². The van der Waals surface area contributed by atoms with Crippen LogP contribution in [0.25, 0.3) is 0 Å². The maximum absolute atomic E-state index is 12.7. The number of hydrogen-bond acceptors (Lipinski definition) is 6. The molecule has 9 nitrogen and oxygen atoms in total. The van der Waals surface area contributed by atoms with E-state index in [1.807, 2.05) is 23.1 Å². The topological polar surface area (TPSA) is 112 Å². The molecule has 4 rings (SSSR count). The number of amides is 2. The molecule has 0 atom stereocenters. The number of benzene rings is 1. The van der Waals surface area contributed by atoms with Gasteiger partial charge in [-0.25, -0.2) is 4.99 Å². The number of carbonyl (C=O) groups excluding carboxylic acids is 2. The number of nitrogens with one attached hydrogen (secondary N) is 1. The summed E-state index contributed by atoms with van der Waals surface area (Å²) in [4.78, 5) is 43.4. The van der Waals surface area contributed by atoms with Crippen molar-refractivity contribution < 1.29 is 24.2 Å². The van der Waals surface area contributed by atoms with Gasteiger partial charge < -0.3 is 19.6 Å². The fourth-order valence-electron chi connectivity index (χ4n) is 4.64. The lowest BCUT2D eigenvalue weighted by atomic mass is 9.89. The SMILES string of the molecule is O=C(O)CN(CC1CCCCC1)C(=O)CCCOc1cccc2c1CN1CC(=O)NC1=N2. The van der Waals surface area contributed by atoms with E-state index in [2.05, 4.69) is 10.3 Å². The molecule has 1 aromatic carbocycles. The van der Waals surface area contributed by atoms with E-state index in [4.69, 9.17) is 4.74 Å². The van der Waals surface area contributed by atoms with Gasteiger partial charge in [-0.1, -0.05) is 25.3 Å². The Morgan fingerprint density at radius 3 is 2.81 bits per heavy atom. The summed E-state index contributed by atoms with van der Waals surface area (Å²) in [7, 11) is 0. The van der Waals surface area contributed by atoms with Crippen molar-refractivity contribution in [3.8, 4) is 5.75 Å². The third kappa shape index (κ3) is 5.38. The van der Waals surface area contributed by atoms with Gasteiger partial charge in [-0.05, 0) is 37.3 Å². The Labute approximate surface area is 187 Å². The molecule has 0 unspecified atom stereocenters. The minimum Gasteiger partial charge on any atom is -0.493 e. The van der Waals surface area contributed by atoms with Crippen LogP contribution in [0.2, 0.25) is 0 Å². The van der Waals surface area contributed by atoms with Crippen LogP contribution in [0.5, 0.6) is 5.75 Å². The first-order valence-corrected chi connectivity index (χ1v) is 11.4. The van der Waals surface area contributed by atoms with E-state index in [9.17, 15) is 19.5 Å². The van der Waals surface area contributed by atoms with Gasteiger partial charge in [0, 0.05) is 18.5 Å². The van der Waals surface area contributed by atoms with Crippen molar-refractivity contribution in [2.24, 2.45) is 10.9 Å². The number of aliphatic imine (C=N–C) groups is 1.